The summed E-state index contributed by atoms with van der Waals surface area (Å²) in [5, 5.41) is 6.13. The number of anilines is 1. The van der Waals surface area contributed by atoms with Crippen LogP contribution in [-0.4, -0.2) is 26.1 Å². The Kier molecular flexibility index (Phi) is 5.41. The Morgan fingerprint density at radius 3 is 2.85 bits per heavy atom. The van der Waals surface area contributed by atoms with Crippen molar-refractivity contribution in [2.75, 3.05) is 25.5 Å². The van der Waals surface area contributed by atoms with Gasteiger partial charge in [-0.05, 0) is 36.9 Å². The van der Waals surface area contributed by atoms with Gasteiger partial charge in [0.2, 0.25) is 5.91 Å². The lowest BCUT2D eigenvalue weighted by Gasteiger charge is -2.16. The number of rotatable bonds is 6. The summed E-state index contributed by atoms with van der Waals surface area (Å²) in [7, 11) is 1.60. The molecule has 0 aliphatic heterocycles. The van der Waals surface area contributed by atoms with Crippen molar-refractivity contribution in [3.05, 3.63) is 24.3 Å². The second-order valence-corrected chi connectivity index (χ2v) is 5.55. The average molecular weight is 276 g/mol. The Morgan fingerprint density at radius 2 is 2.15 bits per heavy atom. The van der Waals surface area contributed by atoms with Crippen LogP contribution in [0.1, 0.15) is 26.2 Å². The molecule has 4 heteroatoms. The van der Waals surface area contributed by atoms with Gasteiger partial charge < -0.3 is 15.4 Å². The number of carbonyl (C=O) groups excluding carboxylic acids is 1. The molecule has 110 valence electrons. The van der Waals surface area contributed by atoms with Crippen molar-refractivity contribution in [1.82, 2.24) is 5.32 Å². The molecule has 1 aliphatic carbocycles. The Hall–Kier alpha value is -1.55. The lowest BCUT2D eigenvalue weighted by Crippen LogP contribution is -2.32. The maximum absolute atomic E-state index is 11.9. The molecule has 0 aromatic heterocycles. The number of hydrogen-bond acceptors (Lipinski definition) is 3. The molecule has 2 atom stereocenters. The summed E-state index contributed by atoms with van der Waals surface area (Å²) in [6, 6.07) is 7.44. The Labute approximate surface area is 120 Å². The summed E-state index contributed by atoms with van der Waals surface area (Å²) < 4.78 is 5.21. The zero-order valence-corrected chi connectivity index (χ0v) is 12.3. The number of hydrogen-bond donors (Lipinski definition) is 2. The van der Waals surface area contributed by atoms with Crippen LogP contribution in [-0.2, 0) is 4.79 Å². The molecule has 0 radical (unpaired) electrons. The molecular weight excluding hydrogens is 252 g/mol. The van der Waals surface area contributed by atoms with E-state index >= 15 is 0 Å². The summed E-state index contributed by atoms with van der Waals surface area (Å²) in [4.78, 5) is 11.9. The second kappa shape index (κ2) is 7.29. The van der Waals surface area contributed by atoms with Gasteiger partial charge in [-0.2, -0.15) is 0 Å². The van der Waals surface area contributed by atoms with E-state index in [0.29, 0.717) is 18.2 Å². The van der Waals surface area contributed by atoms with Gasteiger partial charge in [-0.25, -0.2) is 0 Å². The van der Waals surface area contributed by atoms with Gasteiger partial charge in [-0.15, -0.1) is 0 Å². The fourth-order valence-electron chi connectivity index (χ4n) is 2.84. The fourth-order valence-corrected chi connectivity index (χ4v) is 2.84. The average Bonchev–Trinajstić information content (AvgIpc) is 2.85. The van der Waals surface area contributed by atoms with Crippen LogP contribution in [0.25, 0.3) is 0 Å². The summed E-state index contributed by atoms with van der Waals surface area (Å²) in [6.07, 6.45) is 3.92. The molecule has 1 fully saturated rings. The first kappa shape index (κ1) is 14.9. The lowest BCUT2D eigenvalue weighted by atomic mass is 9.98. The molecule has 1 amide bonds. The standard InChI is InChI=1S/C16H24N2O2/c1-12-6-5-7-13(12)10-17-11-16(19)18-14-8-3-4-9-15(14)20-2/h3-4,8-9,12-13,17H,5-7,10-11H2,1-2H3,(H,18,19). The van der Waals surface area contributed by atoms with Gasteiger partial charge in [0.15, 0.2) is 0 Å². The van der Waals surface area contributed by atoms with Crippen LogP contribution in [0.3, 0.4) is 0 Å². The van der Waals surface area contributed by atoms with Crippen LogP contribution in [0.2, 0.25) is 0 Å². The van der Waals surface area contributed by atoms with E-state index in [9.17, 15) is 4.79 Å². The van der Waals surface area contributed by atoms with Crippen molar-refractivity contribution >= 4 is 11.6 Å². The summed E-state index contributed by atoms with van der Waals surface area (Å²) in [5.74, 6) is 2.15. The number of amides is 1. The van der Waals surface area contributed by atoms with E-state index in [1.165, 1.54) is 19.3 Å². The zero-order chi connectivity index (χ0) is 14.4. The largest absolute Gasteiger partial charge is 0.495 e. The zero-order valence-electron chi connectivity index (χ0n) is 12.3. The molecule has 0 spiro atoms. The quantitative estimate of drug-likeness (QED) is 0.840. The number of para-hydroxylation sites is 2. The minimum absolute atomic E-state index is 0.0276. The third-order valence-electron chi connectivity index (χ3n) is 4.11. The topological polar surface area (TPSA) is 50.4 Å². The van der Waals surface area contributed by atoms with Crippen molar-refractivity contribution in [1.29, 1.82) is 0 Å². The van der Waals surface area contributed by atoms with Gasteiger partial charge in [0.25, 0.3) is 0 Å². The van der Waals surface area contributed by atoms with E-state index in [1.54, 1.807) is 7.11 Å². The molecule has 1 aliphatic rings. The van der Waals surface area contributed by atoms with Crippen LogP contribution in [0, 0.1) is 11.8 Å². The molecule has 4 nitrogen and oxygen atoms in total. The number of ether oxygens (including phenoxy) is 1. The van der Waals surface area contributed by atoms with Crippen molar-refractivity contribution in [3.8, 4) is 5.75 Å². The summed E-state index contributed by atoms with van der Waals surface area (Å²) in [6.45, 7) is 3.58. The summed E-state index contributed by atoms with van der Waals surface area (Å²) in [5.41, 5.74) is 0.719. The van der Waals surface area contributed by atoms with E-state index in [0.717, 1.165) is 18.2 Å². The van der Waals surface area contributed by atoms with Crippen LogP contribution >= 0.6 is 0 Å². The van der Waals surface area contributed by atoms with Crippen LogP contribution in [0.5, 0.6) is 5.75 Å². The molecule has 2 unspecified atom stereocenters. The van der Waals surface area contributed by atoms with Crippen LogP contribution < -0.4 is 15.4 Å². The number of carbonyl (C=O) groups is 1. The van der Waals surface area contributed by atoms with Gasteiger partial charge in [-0.3, -0.25) is 4.79 Å². The van der Waals surface area contributed by atoms with Crippen molar-refractivity contribution < 1.29 is 9.53 Å². The molecule has 0 saturated heterocycles. The summed E-state index contributed by atoms with van der Waals surface area (Å²) >= 11 is 0. The maximum Gasteiger partial charge on any atom is 0.238 e. The van der Waals surface area contributed by atoms with Crippen LogP contribution in [0.4, 0.5) is 5.69 Å². The smallest absolute Gasteiger partial charge is 0.238 e. The van der Waals surface area contributed by atoms with Gasteiger partial charge in [-0.1, -0.05) is 31.9 Å². The second-order valence-electron chi connectivity index (χ2n) is 5.55. The normalized spacial score (nSPS) is 21.7. The molecule has 1 saturated carbocycles. The predicted octanol–water partition coefficient (Wildman–Crippen LogP) is 2.66. The Balaban J connectivity index is 1.75. The predicted molar refractivity (Wildman–Crippen MR) is 81.0 cm³/mol. The number of methoxy groups -OCH3 is 1. The van der Waals surface area contributed by atoms with E-state index in [-0.39, 0.29) is 5.91 Å². The molecule has 20 heavy (non-hydrogen) atoms. The third-order valence-corrected chi connectivity index (χ3v) is 4.11. The number of benzene rings is 1. The van der Waals surface area contributed by atoms with Crippen molar-refractivity contribution in [2.24, 2.45) is 11.8 Å². The maximum atomic E-state index is 11.9. The Bertz CT molecular complexity index is 448. The van der Waals surface area contributed by atoms with E-state index in [2.05, 4.69) is 17.6 Å². The highest BCUT2D eigenvalue weighted by atomic mass is 16.5. The first-order chi connectivity index (χ1) is 9.70. The molecule has 2 N–H and O–H groups in total. The van der Waals surface area contributed by atoms with Gasteiger partial charge in [0.05, 0.1) is 19.3 Å². The van der Waals surface area contributed by atoms with Gasteiger partial charge in [0, 0.05) is 0 Å². The van der Waals surface area contributed by atoms with Crippen molar-refractivity contribution in [3.63, 3.8) is 0 Å². The molecule has 0 bridgehead atoms. The highest BCUT2D eigenvalue weighted by molar-refractivity contribution is 5.93. The minimum Gasteiger partial charge on any atom is -0.495 e. The third kappa shape index (κ3) is 3.97. The first-order valence-corrected chi connectivity index (χ1v) is 7.34. The Morgan fingerprint density at radius 1 is 1.35 bits per heavy atom. The minimum atomic E-state index is -0.0276. The molecule has 0 heterocycles. The van der Waals surface area contributed by atoms with E-state index < -0.39 is 0 Å². The molecule has 1 aromatic carbocycles. The lowest BCUT2D eigenvalue weighted by molar-refractivity contribution is -0.115. The molecular formula is C16H24N2O2. The molecule has 2 rings (SSSR count). The SMILES string of the molecule is COc1ccccc1NC(=O)CNCC1CCCC1C. The first-order valence-electron chi connectivity index (χ1n) is 7.34. The van der Waals surface area contributed by atoms with Gasteiger partial charge in [0.1, 0.15) is 5.75 Å². The number of nitrogens with one attached hydrogen (secondary N) is 2. The van der Waals surface area contributed by atoms with Crippen LogP contribution in [0.15, 0.2) is 24.3 Å². The highest BCUT2D eigenvalue weighted by Gasteiger charge is 2.22. The highest BCUT2D eigenvalue weighted by Crippen LogP contribution is 2.30. The van der Waals surface area contributed by atoms with Crippen molar-refractivity contribution in [2.45, 2.75) is 26.2 Å². The van der Waals surface area contributed by atoms with E-state index in [4.69, 9.17) is 4.74 Å². The van der Waals surface area contributed by atoms with E-state index in [1.807, 2.05) is 24.3 Å². The fraction of sp³-hybridized carbons (Fsp3) is 0.562. The monoisotopic (exact) mass is 276 g/mol. The van der Waals surface area contributed by atoms with Gasteiger partial charge >= 0.3 is 0 Å². The molecule has 1 aromatic rings.